The molecule has 0 bridgehead atoms. The Hall–Kier alpha value is -3.32. The van der Waals surface area contributed by atoms with Crippen LogP contribution in [-0.4, -0.2) is 32.1 Å². The fraction of sp³-hybridized carbons (Fsp3) is 0.500. The Balaban J connectivity index is 1.58. The van der Waals surface area contributed by atoms with Crippen LogP contribution in [0.25, 0.3) is 22.7 Å². The van der Waals surface area contributed by atoms with Crippen molar-refractivity contribution in [1.82, 2.24) is 19.5 Å². The molecule has 224 valence electrons. The molecule has 0 N–H and O–H groups in total. The maximum Gasteiger partial charge on any atom is 0.351 e. The highest BCUT2D eigenvalue weighted by atomic mass is 35.5. The number of carbonyl (C=O) groups is 1. The number of carbonyl (C=O) groups excluding carboxylic acids is 1. The van der Waals surface area contributed by atoms with E-state index in [1.807, 2.05) is 18.2 Å². The molecule has 0 saturated heterocycles. The maximum absolute atomic E-state index is 13.9. The van der Waals surface area contributed by atoms with Crippen LogP contribution in [0.2, 0.25) is 5.02 Å². The average molecular weight is 591 g/mol. The van der Waals surface area contributed by atoms with Gasteiger partial charge in [0, 0.05) is 11.2 Å². The predicted octanol–water partition coefficient (Wildman–Crippen LogP) is 8.16. The van der Waals surface area contributed by atoms with Gasteiger partial charge in [0.1, 0.15) is 11.3 Å². The van der Waals surface area contributed by atoms with Crippen molar-refractivity contribution in [2.75, 3.05) is 6.61 Å². The van der Waals surface area contributed by atoms with Gasteiger partial charge in [-0.2, -0.15) is 4.98 Å². The van der Waals surface area contributed by atoms with Gasteiger partial charge in [-0.3, -0.25) is 9.55 Å². The molecule has 1 aromatic carbocycles. The molecule has 1 unspecified atom stereocenters. The van der Waals surface area contributed by atoms with Crippen LogP contribution in [0.1, 0.15) is 102 Å². The molecule has 0 aliphatic carbocycles. The van der Waals surface area contributed by atoms with E-state index in [4.69, 9.17) is 16.3 Å². The monoisotopic (exact) mass is 590 g/mol. The third kappa shape index (κ3) is 8.37. The second-order valence-corrected chi connectivity index (χ2v) is 11.6. The summed E-state index contributed by atoms with van der Waals surface area (Å²) in [6.07, 6.45) is 15.9. The van der Waals surface area contributed by atoms with E-state index in [1.165, 1.54) is 55.9 Å². The highest BCUT2D eigenvalue weighted by Gasteiger charge is 2.33. The zero-order chi connectivity index (χ0) is 29.7. The molecule has 0 amide bonds. The van der Waals surface area contributed by atoms with E-state index in [1.54, 1.807) is 30.5 Å². The van der Waals surface area contributed by atoms with Gasteiger partial charge in [0.15, 0.2) is 11.6 Å². The van der Waals surface area contributed by atoms with Gasteiger partial charge in [-0.05, 0) is 48.1 Å². The van der Waals surface area contributed by atoms with Crippen LogP contribution in [0, 0.1) is 5.92 Å². The summed E-state index contributed by atoms with van der Waals surface area (Å²) in [6, 6.07) is 12.7. The Morgan fingerprint density at radius 1 is 0.905 bits per heavy atom. The summed E-state index contributed by atoms with van der Waals surface area (Å²) in [7, 11) is 0. The van der Waals surface area contributed by atoms with Crippen LogP contribution in [0.5, 0.6) is 0 Å². The normalized spacial score (nSPS) is 13.3. The molecule has 2 aromatic heterocycles. The number of nitrogens with zero attached hydrogens (tertiary/aromatic N) is 4. The van der Waals surface area contributed by atoms with Crippen LogP contribution in [0.15, 0.2) is 53.5 Å². The first-order valence-corrected chi connectivity index (χ1v) is 16.0. The van der Waals surface area contributed by atoms with Crippen LogP contribution in [0.3, 0.4) is 0 Å². The van der Waals surface area contributed by atoms with E-state index in [0.29, 0.717) is 34.4 Å². The van der Waals surface area contributed by atoms with Crippen molar-refractivity contribution in [3.8, 4) is 11.5 Å². The highest BCUT2D eigenvalue weighted by molar-refractivity contribution is 6.34. The molecule has 0 radical (unpaired) electrons. The molecular weight excluding hydrogens is 548 g/mol. The van der Waals surface area contributed by atoms with Gasteiger partial charge in [0.05, 0.1) is 13.2 Å². The summed E-state index contributed by atoms with van der Waals surface area (Å²) in [5.41, 5.74) is 1.53. The zero-order valence-electron chi connectivity index (χ0n) is 25.0. The molecule has 7 nitrogen and oxygen atoms in total. The number of hydrogen-bond acceptors (Lipinski definition) is 6. The maximum atomic E-state index is 13.9. The minimum atomic E-state index is -0.495. The van der Waals surface area contributed by atoms with E-state index >= 15 is 0 Å². The third-order valence-corrected chi connectivity index (χ3v) is 8.25. The quantitative estimate of drug-likeness (QED) is 0.116. The molecule has 1 aliphatic rings. The van der Waals surface area contributed by atoms with Gasteiger partial charge in [-0.25, -0.2) is 14.6 Å². The standard InChI is InChI=1S/C34H43ClN4O3/c1-3-5-7-9-10-12-18-25(17-11-8-6-4-2)24-42-33(40)30-27(26-19-13-14-20-28(26)35)23-39-32(30)37-31(38-34(39)41)29-21-15-16-22-36-29/h13-16,19-22,25H,3-12,17-18,23-24H2,1-2H3. The first-order chi connectivity index (χ1) is 20.5. The van der Waals surface area contributed by atoms with Gasteiger partial charge in [-0.15, -0.1) is 0 Å². The lowest BCUT2D eigenvalue weighted by molar-refractivity contribution is -0.138. The lowest BCUT2D eigenvalue weighted by atomic mass is 9.95. The average Bonchev–Trinajstić information content (AvgIpc) is 3.40. The summed E-state index contributed by atoms with van der Waals surface area (Å²) in [5, 5.41) is 0.494. The molecule has 0 saturated carbocycles. The number of halogens is 1. The number of pyridine rings is 1. The summed E-state index contributed by atoms with van der Waals surface area (Å²) in [5.74, 6) is 0.239. The van der Waals surface area contributed by atoms with Gasteiger partial charge in [-0.1, -0.05) is 114 Å². The van der Waals surface area contributed by atoms with E-state index in [0.717, 1.165) is 25.7 Å². The molecule has 42 heavy (non-hydrogen) atoms. The van der Waals surface area contributed by atoms with Crippen LogP contribution in [-0.2, 0) is 16.1 Å². The van der Waals surface area contributed by atoms with Crippen molar-refractivity contribution in [2.24, 2.45) is 5.92 Å². The van der Waals surface area contributed by atoms with E-state index in [9.17, 15) is 9.59 Å². The molecule has 3 aromatic rings. The largest absolute Gasteiger partial charge is 0.462 e. The number of unbranched alkanes of at least 4 members (excludes halogenated alkanes) is 8. The molecule has 0 fully saturated rings. The van der Waals surface area contributed by atoms with Gasteiger partial charge in [0.25, 0.3) is 0 Å². The number of hydrogen-bond donors (Lipinski definition) is 0. The van der Waals surface area contributed by atoms with Crippen molar-refractivity contribution < 1.29 is 9.53 Å². The highest BCUT2D eigenvalue weighted by Crippen LogP contribution is 2.37. The zero-order valence-corrected chi connectivity index (χ0v) is 25.7. The van der Waals surface area contributed by atoms with Gasteiger partial charge < -0.3 is 4.74 Å². The molecule has 1 atom stereocenters. The molecule has 1 aliphatic heterocycles. The Morgan fingerprint density at radius 3 is 2.26 bits per heavy atom. The van der Waals surface area contributed by atoms with E-state index in [-0.39, 0.29) is 23.8 Å². The van der Waals surface area contributed by atoms with Crippen molar-refractivity contribution in [2.45, 2.75) is 97.4 Å². The molecule has 3 heterocycles. The first kappa shape index (κ1) is 31.6. The summed E-state index contributed by atoms with van der Waals surface area (Å²) in [6.45, 7) is 4.94. The van der Waals surface area contributed by atoms with Crippen LogP contribution < -0.4 is 5.69 Å². The summed E-state index contributed by atoms with van der Waals surface area (Å²) in [4.78, 5) is 40.2. The van der Waals surface area contributed by atoms with Crippen molar-refractivity contribution >= 4 is 28.7 Å². The smallest absolute Gasteiger partial charge is 0.351 e. The fourth-order valence-corrected chi connectivity index (χ4v) is 5.78. The Morgan fingerprint density at radius 2 is 1.57 bits per heavy atom. The number of allylic oxidation sites excluding steroid dienone is 1. The van der Waals surface area contributed by atoms with E-state index < -0.39 is 11.7 Å². The van der Waals surface area contributed by atoms with Crippen LogP contribution >= 0.6 is 11.6 Å². The minimum Gasteiger partial charge on any atom is -0.462 e. The van der Waals surface area contributed by atoms with Gasteiger partial charge in [0.2, 0.25) is 0 Å². The van der Waals surface area contributed by atoms with Crippen LogP contribution in [0.4, 0.5) is 0 Å². The molecule has 4 rings (SSSR count). The summed E-state index contributed by atoms with van der Waals surface area (Å²) < 4.78 is 7.46. The Kier molecular flexibility index (Phi) is 12.3. The predicted molar refractivity (Wildman–Crippen MR) is 169 cm³/mol. The summed E-state index contributed by atoms with van der Waals surface area (Å²) >= 11 is 6.58. The second kappa shape index (κ2) is 16.4. The lowest BCUT2D eigenvalue weighted by Crippen LogP contribution is -2.26. The third-order valence-electron chi connectivity index (χ3n) is 7.92. The van der Waals surface area contributed by atoms with E-state index in [2.05, 4.69) is 28.8 Å². The van der Waals surface area contributed by atoms with Crippen molar-refractivity contribution in [1.29, 1.82) is 0 Å². The minimum absolute atomic E-state index is 0.142. The topological polar surface area (TPSA) is 87.0 Å². The van der Waals surface area contributed by atoms with Gasteiger partial charge >= 0.3 is 11.7 Å². The lowest BCUT2D eigenvalue weighted by Gasteiger charge is -2.18. The second-order valence-electron chi connectivity index (χ2n) is 11.2. The fourth-order valence-electron chi connectivity index (χ4n) is 5.53. The van der Waals surface area contributed by atoms with Crippen molar-refractivity contribution in [3.63, 3.8) is 0 Å². The number of rotatable bonds is 17. The number of aromatic nitrogens is 4. The first-order valence-electron chi connectivity index (χ1n) is 15.6. The molecular formula is C34H43ClN4O3. The number of esters is 1. The van der Waals surface area contributed by atoms with Crippen molar-refractivity contribution in [3.05, 3.63) is 75.6 Å². The Bertz CT molecular complexity index is 1400. The molecule has 8 heteroatoms. The Labute approximate surface area is 254 Å². The number of benzene rings is 1. The SMILES string of the molecule is CCCCCCCCC(CCCCCC)COC(=O)C1=C(c2ccccc2Cl)Cn2c1nc(-c1ccccn1)nc2=O. The number of ether oxygens (including phenoxy) is 1. The molecule has 0 spiro atoms. The number of fused-ring (bicyclic) bond motifs is 1.